The Balaban J connectivity index is 1.71. The number of carbonyl (C=O) groups is 1. The van der Waals surface area contributed by atoms with E-state index in [-0.39, 0.29) is 16.0 Å². The van der Waals surface area contributed by atoms with Gasteiger partial charge in [0, 0.05) is 18.5 Å². The minimum atomic E-state index is -3.92. The summed E-state index contributed by atoms with van der Waals surface area (Å²) in [5, 5.41) is 0.981. The number of nitrogens with zero attached hydrogens (tertiary/aromatic N) is 3. The molecule has 0 atom stereocenters. The van der Waals surface area contributed by atoms with Crippen molar-refractivity contribution < 1.29 is 13.2 Å². The summed E-state index contributed by atoms with van der Waals surface area (Å²) in [4.78, 5) is 18.1. The first-order valence-corrected chi connectivity index (χ1v) is 12.6. The van der Waals surface area contributed by atoms with E-state index < -0.39 is 10.0 Å². The maximum absolute atomic E-state index is 13.1. The van der Waals surface area contributed by atoms with Crippen LogP contribution < -0.4 is 4.90 Å². The molecule has 0 radical (unpaired) electrons. The molecule has 2 aliphatic heterocycles. The van der Waals surface area contributed by atoms with E-state index >= 15 is 0 Å². The van der Waals surface area contributed by atoms with Crippen molar-refractivity contribution in [1.82, 2.24) is 4.90 Å². The lowest BCUT2D eigenvalue weighted by molar-refractivity contribution is -0.122. The number of benzene rings is 2. The molecule has 9 heteroatoms. The Morgan fingerprint density at radius 2 is 1.70 bits per heavy atom. The van der Waals surface area contributed by atoms with Gasteiger partial charge in [0.1, 0.15) is 4.91 Å². The first-order chi connectivity index (χ1) is 14.4. The number of amidine groups is 1. The highest BCUT2D eigenvalue weighted by Gasteiger charge is 2.39. The maximum atomic E-state index is 13.1. The van der Waals surface area contributed by atoms with Crippen molar-refractivity contribution in [2.24, 2.45) is 4.40 Å². The lowest BCUT2D eigenvalue weighted by Gasteiger charge is -2.15. The molecule has 0 spiro atoms. The van der Waals surface area contributed by atoms with Gasteiger partial charge in [-0.25, -0.2) is 0 Å². The fourth-order valence-corrected chi connectivity index (χ4v) is 6.82. The summed E-state index contributed by atoms with van der Waals surface area (Å²) in [6, 6.07) is 14.6. The summed E-state index contributed by atoms with van der Waals surface area (Å²) in [5.74, 6) is -0.222. The van der Waals surface area contributed by atoms with Crippen LogP contribution in [0.5, 0.6) is 0 Å². The van der Waals surface area contributed by atoms with Gasteiger partial charge in [-0.15, -0.1) is 4.40 Å². The third kappa shape index (κ3) is 3.66. The number of carbonyl (C=O) groups excluding carboxylic acids is 1. The van der Waals surface area contributed by atoms with Gasteiger partial charge in [-0.05, 0) is 54.9 Å². The Morgan fingerprint density at radius 3 is 2.33 bits per heavy atom. The molecule has 1 fully saturated rings. The van der Waals surface area contributed by atoms with Gasteiger partial charge in [0.05, 0.1) is 15.6 Å². The number of aryl methyl sites for hydroxylation is 1. The van der Waals surface area contributed by atoms with Gasteiger partial charge in [0.15, 0.2) is 5.17 Å². The van der Waals surface area contributed by atoms with Crippen LogP contribution in [-0.2, 0) is 21.2 Å². The van der Waals surface area contributed by atoms with Crippen LogP contribution in [-0.4, -0.2) is 38.0 Å². The topological polar surface area (TPSA) is 70.0 Å². The van der Waals surface area contributed by atoms with Crippen molar-refractivity contribution in [1.29, 1.82) is 0 Å². The number of rotatable bonds is 4. The second-order valence-corrected chi connectivity index (χ2v) is 10.4. The Bertz CT molecular complexity index is 1170. The van der Waals surface area contributed by atoms with Crippen LogP contribution in [0.2, 0.25) is 0 Å². The van der Waals surface area contributed by atoms with Crippen LogP contribution in [0.4, 0.5) is 5.69 Å². The monoisotopic (exact) mass is 459 g/mol. The van der Waals surface area contributed by atoms with Gasteiger partial charge < -0.3 is 4.90 Å². The lowest BCUT2D eigenvalue weighted by Crippen LogP contribution is -2.30. The zero-order valence-corrected chi connectivity index (χ0v) is 19.3. The quantitative estimate of drug-likeness (QED) is 0.635. The molecule has 0 unspecified atom stereocenters. The molecule has 0 bridgehead atoms. The Morgan fingerprint density at radius 1 is 1.00 bits per heavy atom. The van der Waals surface area contributed by atoms with Crippen LogP contribution in [0.15, 0.2) is 72.7 Å². The first kappa shape index (κ1) is 21.0. The molecule has 0 N–H and O–H groups in total. The summed E-state index contributed by atoms with van der Waals surface area (Å²) in [5.41, 5.74) is 2.07. The number of para-hydroxylation sites is 1. The minimum absolute atomic E-state index is 0.122. The molecule has 4 rings (SSSR count). The predicted molar refractivity (Wildman–Crippen MR) is 123 cm³/mol. The van der Waals surface area contributed by atoms with Crippen LogP contribution in [0.1, 0.15) is 19.4 Å². The average molecular weight is 460 g/mol. The highest BCUT2D eigenvalue weighted by atomic mass is 32.2. The molecule has 0 aliphatic carbocycles. The zero-order chi connectivity index (χ0) is 21.5. The zero-order valence-electron chi connectivity index (χ0n) is 16.8. The number of thioether (sulfide) groups is 2. The predicted octanol–water partition coefficient (Wildman–Crippen LogP) is 4.30. The Kier molecular flexibility index (Phi) is 5.69. The van der Waals surface area contributed by atoms with Crippen molar-refractivity contribution in [2.75, 3.05) is 18.5 Å². The van der Waals surface area contributed by atoms with Gasteiger partial charge >= 0.3 is 0 Å². The Labute approximate surface area is 185 Å². The molecule has 2 aliphatic rings. The number of likely N-dealkylation sites (N-methyl/N-ethyl adjacent to an activating group) is 1. The molecule has 2 heterocycles. The molecular weight excluding hydrogens is 438 g/mol. The summed E-state index contributed by atoms with van der Waals surface area (Å²) >= 11 is 2.63. The average Bonchev–Trinajstić information content (AvgIpc) is 3.24. The van der Waals surface area contributed by atoms with Crippen molar-refractivity contribution in [2.45, 2.75) is 30.1 Å². The standard InChI is InChI=1S/C21H21N3O3S3/c1-4-14-10-12-15(13-11-14)30(26,27)22-21-24(5-2)19(25)18(29-21)20-23(3)16-8-6-7-9-17(16)28-20/h6-13H,4-5H2,1-3H3/b20-18+,22-21-. The lowest BCUT2D eigenvalue weighted by atomic mass is 10.2. The number of amides is 1. The second-order valence-electron chi connectivity index (χ2n) is 6.76. The molecule has 0 aromatic heterocycles. The number of fused-ring (bicyclic) bond motifs is 1. The summed E-state index contributed by atoms with van der Waals surface area (Å²) in [6.07, 6.45) is 0.827. The molecule has 30 heavy (non-hydrogen) atoms. The summed E-state index contributed by atoms with van der Waals surface area (Å²) in [7, 11) is -2.01. The van der Waals surface area contributed by atoms with Crippen molar-refractivity contribution >= 4 is 50.3 Å². The van der Waals surface area contributed by atoms with Crippen LogP contribution in [0.3, 0.4) is 0 Å². The van der Waals surface area contributed by atoms with Gasteiger partial charge in [0.2, 0.25) is 0 Å². The van der Waals surface area contributed by atoms with E-state index in [9.17, 15) is 13.2 Å². The van der Waals surface area contributed by atoms with Crippen LogP contribution in [0.25, 0.3) is 0 Å². The highest BCUT2D eigenvalue weighted by molar-refractivity contribution is 8.19. The molecule has 0 saturated carbocycles. The Hall–Kier alpha value is -2.23. The second kappa shape index (κ2) is 8.13. The van der Waals surface area contributed by atoms with Gasteiger partial charge in [-0.2, -0.15) is 8.42 Å². The molecule has 2 aromatic rings. The number of hydrogen-bond acceptors (Lipinski definition) is 6. The van der Waals surface area contributed by atoms with E-state index in [0.29, 0.717) is 11.4 Å². The largest absolute Gasteiger partial charge is 0.337 e. The van der Waals surface area contributed by atoms with E-state index in [2.05, 4.69) is 4.40 Å². The van der Waals surface area contributed by atoms with Crippen LogP contribution in [0, 0.1) is 0 Å². The van der Waals surface area contributed by atoms with Gasteiger partial charge in [-0.3, -0.25) is 9.69 Å². The molecule has 156 valence electrons. The normalized spacial score (nSPS) is 20.4. The minimum Gasteiger partial charge on any atom is -0.337 e. The van der Waals surface area contributed by atoms with E-state index in [4.69, 9.17) is 0 Å². The summed E-state index contributed by atoms with van der Waals surface area (Å²) < 4.78 is 29.7. The van der Waals surface area contributed by atoms with E-state index in [0.717, 1.165) is 39.4 Å². The summed E-state index contributed by atoms with van der Waals surface area (Å²) in [6.45, 7) is 4.16. The van der Waals surface area contributed by atoms with Crippen molar-refractivity contribution in [3.8, 4) is 0 Å². The molecule has 6 nitrogen and oxygen atoms in total. The number of sulfonamides is 1. The third-order valence-corrected chi connectivity index (χ3v) is 8.77. The molecule has 2 aromatic carbocycles. The van der Waals surface area contributed by atoms with E-state index in [1.807, 2.05) is 50.1 Å². The molecule has 1 saturated heterocycles. The molecular formula is C21H21N3O3S3. The van der Waals surface area contributed by atoms with E-state index in [1.54, 1.807) is 24.3 Å². The fourth-order valence-electron chi connectivity index (χ4n) is 3.24. The molecule has 1 amide bonds. The van der Waals surface area contributed by atoms with Gasteiger partial charge in [-0.1, -0.05) is 43.0 Å². The van der Waals surface area contributed by atoms with E-state index in [1.165, 1.54) is 16.7 Å². The maximum Gasteiger partial charge on any atom is 0.284 e. The first-order valence-electron chi connectivity index (χ1n) is 9.54. The van der Waals surface area contributed by atoms with Crippen molar-refractivity contribution in [3.05, 3.63) is 64.0 Å². The highest BCUT2D eigenvalue weighted by Crippen LogP contribution is 2.49. The van der Waals surface area contributed by atoms with Crippen LogP contribution >= 0.6 is 23.5 Å². The van der Waals surface area contributed by atoms with Gasteiger partial charge in [0.25, 0.3) is 15.9 Å². The third-order valence-electron chi connectivity index (χ3n) is 4.94. The number of anilines is 1. The fraction of sp³-hybridized carbons (Fsp3) is 0.238. The number of hydrogen-bond donors (Lipinski definition) is 0. The smallest absolute Gasteiger partial charge is 0.284 e. The SMILES string of the molecule is CCc1ccc(S(=O)(=O)/N=C2\S/C(=C3/Sc4ccccc4N3C)C(=O)N2CC)cc1. The van der Waals surface area contributed by atoms with Crippen molar-refractivity contribution in [3.63, 3.8) is 0 Å².